The predicted octanol–water partition coefficient (Wildman–Crippen LogP) is 4.00. The van der Waals surface area contributed by atoms with Gasteiger partial charge in [0.15, 0.2) is 0 Å². The summed E-state index contributed by atoms with van der Waals surface area (Å²) in [6, 6.07) is 17.7. The SMILES string of the molecule is CC(C)(C)Oc1ccc(OCCN2CC3CN(CCCNc4ccc(C#N)cc4)CC(C2)O3)cc1. The van der Waals surface area contributed by atoms with E-state index in [9.17, 15) is 0 Å². The molecule has 188 valence electrons. The molecular formula is C28H38N4O3. The molecule has 0 radical (unpaired) electrons. The summed E-state index contributed by atoms with van der Waals surface area (Å²) in [5, 5.41) is 12.3. The van der Waals surface area contributed by atoms with Crippen molar-refractivity contribution >= 4 is 5.69 Å². The van der Waals surface area contributed by atoms with Crippen LogP contribution in [0, 0.1) is 11.3 Å². The van der Waals surface area contributed by atoms with Crippen LogP contribution >= 0.6 is 0 Å². The zero-order chi connectivity index (χ0) is 24.7. The van der Waals surface area contributed by atoms with Gasteiger partial charge in [0.2, 0.25) is 0 Å². The largest absolute Gasteiger partial charge is 0.492 e. The van der Waals surface area contributed by atoms with Crippen molar-refractivity contribution < 1.29 is 14.2 Å². The van der Waals surface area contributed by atoms with Gasteiger partial charge in [-0.3, -0.25) is 9.80 Å². The molecule has 0 aliphatic carbocycles. The molecule has 2 heterocycles. The molecule has 0 amide bonds. The topological polar surface area (TPSA) is 70.0 Å². The fraction of sp³-hybridized carbons (Fsp3) is 0.536. The van der Waals surface area contributed by atoms with E-state index in [0.29, 0.717) is 12.2 Å². The Morgan fingerprint density at radius 3 is 2.11 bits per heavy atom. The molecule has 2 bridgehead atoms. The molecule has 2 aliphatic heterocycles. The van der Waals surface area contributed by atoms with Crippen LogP contribution in [-0.2, 0) is 4.74 Å². The molecule has 4 rings (SSSR count). The van der Waals surface area contributed by atoms with Crippen molar-refractivity contribution in [3.05, 3.63) is 54.1 Å². The maximum absolute atomic E-state index is 8.90. The zero-order valence-electron chi connectivity index (χ0n) is 21.2. The van der Waals surface area contributed by atoms with Crippen molar-refractivity contribution in [1.82, 2.24) is 9.80 Å². The standard InChI is InChI=1S/C28H38N4O3/c1-28(2,3)35-25-11-9-24(10-12-25)33-16-15-32-20-26-18-31(19-27(21-32)34-26)14-4-13-30-23-7-5-22(17-29)6-8-23/h5-12,26-27,30H,4,13-16,18-21H2,1-3H3. The molecule has 2 unspecified atom stereocenters. The van der Waals surface area contributed by atoms with E-state index in [0.717, 1.165) is 69.4 Å². The normalized spacial score (nSPS) is 20.7. The first kappa shape index (κ1) is 25.3. The number of anilines is 1. The van der Waals surface area contributed by atoms with Crippen LogP contribution in [0.5, 0.6) is 11.5 Å². The average Bonchev–Trinajstić information content (AvgIpc) is 2.82. The van der Waals surface area contributed by atoms with E-state index in [1.54, 1.807) is 0 Å². The highest BCUT2D eigenvalue weighted by Gasteiger charge is 2.34. The van der Waals surface area contributed by atoms with Gasteiger partial charge in [-0.15, -0.1) is 0 Å². The number of hydrogen-bond donors (Lipinski definition) is 1. The molecule has 0 spiro atoms. The molecule has 0 saturated carbocycles. The highest BCUT2D eigenvalue weighted by Crippen LogP contribution is 2.22. The Balaban J connectivity index is 1.12. The number of morpholine rings is 2. The van der Waals surface area contributed by atoms with Crippen molar-refractivity contribution in [3.8, 4) is 17.6 Å². The van der Waals surface area contributed by atoms with Gasteiger partial charge in [-0.05, 0) is 75.7 Å². The summed E-state index contributed by atoms with van der Waals surface area (Å²) >= 11 is 0. The fourth-order valence-corrected chi connectivity index (χ4v) is 4.67. The molecule has 2 saturated heterocycles. The van der Waals surface area contributed by atoms with Crippen LogP contribution in [0.1, 0.15) is 32.8 Å². The third kappa shape index (κ3) is 8.14. The third-order valence-electron chi connectivity index (χ3n) is 6.15. The van der Waals surface area contributed by atoms with Gasteiger partial charge in [-0.2, -0.15) is 5.26 Å². The molecule has 1 N–H and O–H groups in total. The Morgan fingerprint density at radius 2 is 1.51 bits per heavy atom. The van der Waals surface area contributed by atoms with Crippen LogP contribution in [0.15, 0.2) is 48.5 Å². The van der Waals surface area contributed by atoms with Gasteiger partial charge in [0, 0.05) is 51.5 Å². The molecule has 2 aromatic rings. The van der Waals surface area contributed by atoms with Crippen molar-refractivity contribution in [2.24, 2.45) is 0 Å². The Hall–Kier alpha value is -2.79. The lowest BCUT2D eigenvalue weighted by Gasteiger charge is -2.45. The molecule has 7 heteroatoms. The van der Waals surface area contributed by atoms with Gasteiger partial charge in [0.25, 0.3) is 0 Å². The minimum atomic E-state index is -0.199. The summed E-state index contributed by atoms with van der Waals surface area (Å²) in [5.74, 6) is 1.74. The molecule has 7 nitrogen and oxygen atoms in total. The number of nitrogens with zero attached hydrogens (tertiary/aromatic N) is 3. The van der Waals surface area contributed by atoms with Gasteiger partial charge in [0.1, 0.15) is 23.7 Å². The van der Waals surface area contributed by atoms with Gasteiger partial charge in [0.05, 0.1) is 23.8 Å². The predicted molar refractivity (Wildman–Crippen MR) is 138 cm³/mol. The lowest BCUT2D eigenvalue weighted by atomic mass is 10.1. The van der Waals surface area contributed by atoms with Crippen LogP contribution in [-0.4, -0.2) is 80.0 Å². The third-order valence-corrected chi connectivity index (χ3v) is 6.15. The Labute approximate surface area is 209 Å². The Kier molecular flexibility index (Phi) is 8.50. The first-order valence-electron chi connectivity index (χ1n) is 12.6. The maximum atomic E-state index is 8.90. The summed E-state index contributed by atoms with van der Waals surface area (Å²) in [6.07, 6.45) is 1.61. The zero-order valence-corrected chi connectivity index (χ0v) is 21.2. The minimum absolute atomic E-state index is 0.199. The van der Waals surface area contributed by atoms with Gasteiger partial charge >= 0.3 is 0 Å². The second kappa shape index (κ2) is 11.8. The second-order valence-corrected chi connectivity index (χ2v) is 10.4. The van der Waals surface area contributed by atoms with Crippen molar-refractivity contribution in [2.75, 3.05) is 57.7 Å². The average molecular weight is 479 g/mol. The van der Waals surface area contributed by atoms with E-state index in [1.807, 2.05) is 69.3 Å². The summed E-state index contributed by atoms with van der Waals surface area (Å²) in [6.45, 7) is 13.6. The molecule has 35 heavy (non-hydrogen) atoms. The number of ether oxygens (including phenoxy) is 3. The van der Waals surface area contributed by atoms with E-state index < -0.39 is 0 Å². The van der Waals surface area contributed by atoms with E-state index in [-0.39, 0.29) is 17.8 Å². The highest BCUT2D eigenvalue weighted by molar-refractivity contribution is 5.47. The summed E-state index contributed by atoms with van der Waals surface area (Å²) in [5.41, 5.74) is 1.56. The van der Waals surface area contributed by atoms with Gasteiger partial charge in [-0.25, -0.2) is 0 Å². The summed E-state index contributed by atoms with van der Waals surface area (Å²) in [4.78, 5) is 5.01. The van der Waals surface area contributed by atoms with Crippen molar-refractivity contribution in [2.45, 2.75) is 45.0 Å². The smallest absolute Gasteiger partial charge is 0.120 e. The number of nitriles is 1. The number of benzene rings is 2. The summed E-state index contributed by atoms with van der Waals surface area (Å²) < 4.78 is 18.1. The van der Waals surface area contributed by atoms with Crippen molar-refractivity contribution in [1.29, 1.82) is 5.26 Å². The first-order chi connectivity index (χ1) is 16.9. The first-order valence-corrected chi connectivity index (χ1v) is 12.6. The lowest BCUT2D eigenvalue weighted by molar-refractivity contribution is -0.139. The molecule has 2 aliphatic rings. The highest BCUT2D eigenvalue weighted by atomic mass is 16.5. The maximum Gasteiger partial charge on any atom is 0.120 e. The van der Waals surface area contributed by atoms with Gasteiger partial charge in [-0.1, -0.05) is 0 Å². The molecule has 2 atom stereocenters. The molecule has 2 aromatic carbocycles. The van der Waals surface area contributed by atoms with Crippen LogP contribution in [0.4, 0.5) is 5.69 Å². The second-order valence-electron chi connectivity index (χ2n) is 10.4. The van der Waals surface area contributed by atoms with E-state index >= 15 is 0 Å². The van der Waals surface area contributed by atoms with Crippen LogP contribution in [0.3, 0.4) is 0 Å². The lowest BCUT2D eigenvalue weighted by Crippen LogP contribution is -2.60. The monoisotopic (exact) mass is 478 g/mol. The van der Waals surface area contributed by atoms with Gasteiger partial charge < -0.3 is 19.5 Å². The van der Waals surface area contributed by atoms with Crippen LogP contribution < -0.4 is 14.8 Å². The molecule has 2 fully saturated rings. The van der Waals surface area contributed by atoms with E-state index in [2.05, 4.69) is 21.2 Å². The molecule has 0 aromatic heterocycles. The van der Waals surface area contributed by atoms with Crippen LogP contribution in [0.25, 0.3) is 0 Å². The minimum Gasteiger partial charge on any atom is -0.492 e. The summed E-state index contributed by atoms with van der Waals surface area (Å²) in [7, 11) is 0. The van der Waals surface area contributed by atoms with Crippen LogP contribution in [0.2, 0.25) is 0 Å². The fourth-order valence-electron chi connectivity index (χ4n) is 4.67. The quantitative estimate of drug-likeness (QED) is 0.518. The Morgan fingerprint density at radius 1 is 0.914 bits per heavy atom. The van der Waals surface area contributed by atoms with Crippen molar-refractivity contribution in [3.63, 3.8) is 0 Å². The van der Waals surface area contributed by atoms with E-state index in [1.165, 1.54) is 0 Å². The number of rotatable bonds is 10. The Bertz CT molecular complexity index is 952. The number of hydrogen-bond acceptors (Lipinski definition) is 7. The number of fused-ring (bicyclic) bond motifs is 2. The molecular weight excluding hydrogens is 440 g/mol. The van der Waals surface area contributed by atoms with E-state index in [4.69, 9.17) is 19.5 Å². The number of nitrogens with one attached hydrogen (secondary N) is 1.